The fourth-order valence-electron chi connectivity index (χ4n) is 3.99. The van der Waals surface area contributed by atoms with E-state index in [1.165, 1.54) is 51.6 Å². The van der Waals surface area contributed by atoms with Crippen LogP contribution in [0.2, 0.25) is 0 Å². The Hall–Kier alpha value is -0.120. The van der Waals surface area contributed by atoms with Crippen molar-refractivity contribution in [3.8, 4) is 0 Å². The number of hydrogen-bond acceptors (Lipinski definition) is 3. The first-order valence-electron chi connectivity index (χ1n) is 6.95. The van der Waals surface area contributed by atoms with Crippen molar-refractivity contribution in [1.29, 1.82) is 0 Å². The van der Waals surface area contributed by atoms with Crippen molar-refractivity contribution < 1.29 is 0 Å². The molecular formula is C13H25N3. The molecule has 2 N–H and O–H groups in total. The van der Waals surface area contributed by atoms with Gasteiger partial charge in [-0.3, -0.25) is 9.80 Å². The minimum atomic E-state index is 0.307. The first-order valence-corrected chi connectivity index (χ1v) is 6.95. The lowest BCUT2D eigenvalue weighted by Crippen LogP contribution is -2.61. The van der Waals surface area contributed by atoms with Crippen molar-refractivity contribution >= 4 is 0 Å². The smallest absolute Gasteiger partial charge is 0.0498 e. The summed E-state index contributed by atoms with van der Waals surface area (Å²) in [6, 6.07) is 1.59. The molecule has 2 aliphatic heterocycles. The zero-order valence-electron chi connectivity index (χ0n) is 10.5. The van der Waals surface area contributed by atoms with Crippen LogP contribution in [0.1, 0.15) is 38.5 Å². The van der Waals surface area contributed by atoms with E-state index in [2.05, 4.69) is 16.8 Å². The fraction of sp³-hybridized carbons (Fsp3) is 1.00. The lowest BCUT2D eigenvalue weighted by molar-refractivity contribution is 0.0509. The predicted octanol–water partition coefficient (Wildman–Crippen LogP) is 1.04. The van der Waals surface area contributed by atoms with E-state index in [-0.39, 0.29) is 0 Å². The second-order valence-electron chi connectivity index (χ2n) is 5.95. The lowest BCUT2D eigenvalue weighted by atomic mass is 9.84. The first kappa shape index (κ1) is 11.0. The number of hydrogen-bond donors (Lipinski definition) is 1. The van der Waals surface area contributed by atoms with Gasteiger partial charge in [0.05, 0.1) is 0 Å². The topological polar surface area (TPSA) is 32.5 Å². The van der Waals surface area contributed by atoms with Crippen molar-refractivity contribution in [2.24, 2.45) is 5.73 Å². The largest absolute Gasteiger partial charge is 0.329 e. The average Bonchev–Trinajstić information content (AvgIpc) is 3.10. The summed E-state index contributed by atoms with van der Waals surface area (Å²) in [5.41, 5.74) is 6.48. The van der Waals surface area contributed by atoms with Crippen molar-refractivity contribution in [3.05, 3.63) is 0 Å². The van der Waals surface area contributed by atoms with Crippen molar-refractivity contribution in [2.45, 2.75) is 56.1 Å². The van der Waals surface area contributed by atoms with Gasteiger partial charge in [-0.15, -0.1) is 0 Å². The fourth-order valence-corrected chi connectivity index (χ4v) is 3.99. The molecule has 0 aromatic carbocycles. The summed E-state index contributed by atoms with van der Waals surface area (Å²) in [6.45, 7) is 3.44. The summed E-state index contributed by atoms with van der Waals surface area (Å²) in [4.78, 5) is 5.35. The third-order valence-corrected chi connectivity index (χ3v) is 5.22. The van der Waals surface area contributed by atoms with Crippen LogP contribution in [0, 0.1) is 0 Å². The van der Waals surface area contributed by atoms with Crippen LogP contribution in [0.25, 0.3) is 0 Å². The molecule has 2 saturated heterocycles. The molecule has 3 fully saturated rings. The number of rotatable bonds is 3. The third-order valence-electron chi connectivity index (χ3n) is 5.22. The van der Waals surface area contributed by atoms with Gasteiger partial charge in [-0.2, -0.15) is 0 Å². The van der Waals surface area contributed by atoms with Gasteiger partial charge in [0.1, 0.15) is 0 Å². The second-order valence-corrected chi connectivity index (χ2v) is 5.95. The monoisotopic (exact) mass is 223 g/mol. The van der Waals surface area contributed by atoms with Crippen molar-refractivity contribution in [1.82, 2.24) is 9.80 Å². The first-order chi connectivity index (χ1) is 7.78. The quantitative estimate of drug-likeness (QED) is 0.776. The standard InChI is InChI=1S/C13H25N3/c1-15(11-5-6-11)13(10-14)7-9-16-8-3-2-4-12(13)16/h11-12H,2-10,14H2,1H3. The van der Waals surface area contributed by atoms with Gasteiger partial charge < -0.3 is 5.73 Å². The Morgan fingerprint density at radius 1 is 1.25 bits per heavy atom. The molecule has 16 heavy (non-hydrogen) atoms. The Morgan fingerprint density at radius 3 is 2.75 bits per heavy atom. The van der Waals surface area contributed by atoms with E-state index in [0.29, 0.717) is 5.54 Å². The summed E-state index contributed by atoms with van der Waals surface area (Å²) >= 11 is 0. The van der Waals surface area contributed by atoms with Gasteiger partial charge in [-0.05, 0) is 45.7 Å². The van der Waals surface area contributed by atoms with Gasteiger partial charge in [-0.1, -0.05) is 6.42 Å². The molecule has 2 atom stereocenters. The van der Waals surface area contributed by atoms with Gasteiger partial charge >= 0.3 is 0 Å². The Bertz CT molecular complexity index is 264. The van der Waals surface area contributed by atoms with E-state index in [4.69, 9.17) is 5.73 Å². The molecule has 3 aliphatic rings. The third kappa shape index (κ3) is 1.52. The Labute approximate surface area is 99.0 Å². The van der Waals surface area contributed by atoms with E-state index in [1.54, 1.807) is 0 Å². The molecule has 2 heterocycles. The van der Waals surface area contributed by atoms with Gasteiger partial charge in [0, 0.05) is 30.7 Å². The zero-order valence-corrected chi connectivity index (χ0v) is 10.5. The maximum Gasteiger partial charge on any atom is 0.0498 e. The molecule has 92 valence electrons. The molecule has 1 aliphatic carbocycles. The van der Waals surface area contributed by atoms with E-state index in [0.717, 1.165) is 18.6 Å². The molecule has 3 heteroatoms. The van der Waals surface area contributed by atoms with Crippen LogP contribution in [0.3, 0.4) is 0 Å². The normalized spacial score (nSPS) is 40.3. The zero-order chi connectivity index (χ0) is 11.2. The maximum atomic E-state index is 6.17. The highest BCUT2D eigenvalue weighted by Gasteiger charge is 2.52. The van der Waals surface area contributed by atoms with Crippen LogP contribution in [-0.4, -0.2) is 54.1 Å². The van der Waals surface area contributed by atoms with E-state index >= 15 is 0 Å². The van der Waals surface area contributed by atoms with E-state index in [1.807, 2.05) is 0 Å². The number of nitrogens with two attached hydrogens (primary N) is 1. The lowest BCUT2D eigenvalue weighted by Gasteiger charge is -2.46. The minimum Gasteiger partial charge on any atom is -0.329 e. The Morgan fingerprint density at radius 2 is 2.06 bits per heavy atom. The van der Waals surface area contributed by atoms with Crippen molar-refractivity contribution in [2.75, 3.05) is 26.7 Å². The van der Waals surface area contributed by atoms with E-state index < -0.39 is 0 Å². The summed E-state index contributed by atoms with van der Waals surface area (Å²) in [6.07, 6.45) is 8.25. The molecule has 0 amide bonds. The summed E-state index contributed by atoms with van der Waals surface area (Å²) < 4.78 is 0. The Balaban J connectivity index is 1.82. The number of likely N-dealkylation sites (N-methyl/N-ethyl adjacent to an activating group) is 1. The predicted molar refractivity (Wildman–Crippen MR) is 66.4 cm³/mol. The number of nitrogens with zero attached hydrogens (tertiary/aromatic N) is 2. The second kappa shape index (κ2) is 3.97. The maximum absolute atomic E-state index is 6.17. The van der Waals surface area contributed by atoms with Crippen LogP contribution < -0.4 is 5.73 Å². The van der Waals surface area contributed by atoms with Crippen LogP contribution in [0.5, 0.6) is 0 Å². The van der Waals surface area contributed by atoms with Gasteiger partial charge in [-0.25, -0.2) is 0 Å². The van der Waals surface area contributed by atoms with E-state index in [9.17, 15) is 0 Å². The summed E-state index contributed by atoms with van der Waals surface area (Å²) in [5, 5.41) is 0. The molecule has 0 aromatic rings. The van der Waals surface area contributed by atoms with Crippen molar-refractivity contribution in [3.63, 3.8) is 0 Å². The summed E-state index contributed by atoms with van der Waals surface area (Å²) in [5.74, 6) is 0. The molecule has 0 bridgehead atoms. The van der Waals surface area contributed by atoms with Gasteiger partial charge in [0.2, 0.25) is 0 Å². The molecule has 3 nitrogen and oxygen atoms in total. The SMILES string of the molecule is CN(C1CC1)C1(CN)CCN2CCCCC21. The highest BCUT2D eigenvalue weighted by molar-refractivity contribution is 5.10. The molecule has 1 saturated carbocycles. The minimum absolute atomic E-state index is 0.307. The average molecular weight is 223 g/mol. The molecule has 0 radical (unpaired) electrons. The Kier molecular flexibility index (Phi) is 2.73. The molecular weight excluding hydrogens is 198 g/mol. The van der Waals surface area contributed by atoms with Crippen LogP contribution in [0.4, 0.5) is 0 Å². The highest BCUT2D eigenvalue weighted by atomic mass is 15.3. The van der Waals surface area contributed by atoms with Crippen LogP contribution >= 0.6 is 0 Å². The van der Waals surface area contributed by atoms with Crippen LogP contribution in [0.15, 0.2) is 0 Å². The molecule has 0 spiro atoms. The van der Waals surface area contributed by atoms with Crippen LogP contribution in [-0.2, 0) is 0 Å². The number of piperidine rings is 1. The molecule has 0 aromatic heterocycles. The highest BCUT2D eigenvalue weighted by Crippen LogP contribution is 2.42. The number of fused-ring (bicyclic) bond motifs is 1. The molecule has 2 unspecified atom stereocenters. The van der Waals surface area contributed by atoms with Gasteiger partial charge in [0.15, 0.2) is 0 Å². The molecule has 3 rings (SSSR count). The van der Waals surface area contributed by atoms with Gasteiger partial charge in [0.25, 0.3) is 0 Å². The summed E-state index contributed by atoms with van der Waals surface area (Å²) in [7, 11) is 2.32.